The topological polar surface area (TPSA) is 34.2 Å². The van der Waals surface area contributed by atoms with Crippen molar-refractivity contribution >= 4 is 16.7 Å². The van der Waals surface area contributed by atoms with E-state index in [9.17, 15) is 0 Å². The molecule has 3 heteroatoms. The van der Waals surface area contributed by atoms with E-state index in [2.05, 4.69) is 29.4 Å². The Labute approximate surface area is 101 Å². The van der Waals surface area contributed by atoms with Crippen LogP contribution in [0.1, 0.15) is 13.3 Å². The van der Waals surface area contributed by atoms with Crippen LogP contribution in [0.5, 0.6) is 0 Å². The second kappa shape index (κ2) is 4.00. The maximum atomic E-state index is 5.43. The molecule has 1 aromatic heterocycles. The number of rotatable bonds is 2. The van der Waals surface area contributed by atoms with Crippen LogP contribution >= 0.6 is 0 Å². The van der Waals surface area contributed by atoms with E-state index in [1.54, 1.807) is 0 Å². The summed E-state index contributed by atoms with van der Waals surface area (Å²) >= 11 is 0. The summed E-state index contributed by atoms with van der Waals surface area (Å²) in [7, 11) is 0. The maximum absolute atomic E-state index is 5.43. The maximum Gasteiger partial charge on any atom is 0.127 e. The zero-order valence-electron chi connectivity index (χ0n) is 9.94. The minimum absolute atomic E-state index is 0.0233. The van der Waals surface area contributed by atoms with E-state index in [1.165, 1.54) is 5.39 Å². The number of hydrogen-bond acceptors (Lipinski definition) is 3. The van der Waals surface area contributed by atoms with Crippen LogP contribution in [0.15, 0.2) is 36.4 Å². The zero-order valence-corrected chi connectivity index (χ0v) is 9.94. The van der Waals surface area contributed by atoms with Gasteiger partial charge >= 0.3 is 0 Å². The second-order valence-corrected chi connectivity index (χ2v) is 4.88. The quantitative estimate of drug-likeness (QED) is 0.858. The molecule has 3 nitrogen and oxygen atoms in total. The predicted molar refractivity (Wildman–Crippen MR) is 69.2 cm³/mol. The van der Waals surface area contributed by atoms with E-state index < -0.39 is 0 Å². The normalized spacial score (nSPS) is 24.1. The van der Waals surface area contributed by atoms with Crippen LogP contribution in [0.4, 0.5) is 5.82 Å². The van der Waals surface area contributed by atoms with Gasteiger partial charge < -0.3 is 10.1 Å². The Morgan fingerprint density at radius 2 is 2.12 bits per heavy atom. The van der Waals surface area contributed by atoms with Gasteiger partial charge in [0.25, 0.3) is 0 Å². The fourth-order valence-corrected chi connectivity index (χ4v) is 2.21. The van der Waals surface area contributed by atoms with Crippen LogP contribution in [-0.4, -0.2) is 23.7 Å². The molecule has 0 amide bonds. The Morgan fingerprint density at radius 1 is 1.24 bits per heavy atom. The zero-order chi connectivity index (χ0) is 11.7. The van der Waals surface area contributed by atoms with E-state index >= 15 is 0 Å². The molecule has 0 spiro atoms. The van der Waals surface area contributed by atoms with Crippen molar-refractivity contribution in [2.75, 3.05) is 18.5 Å². The number of para-hydroxylation sites is 1. The van der Waals surface area contributed by atoms with Crippen LogP contribution in [0.3, 0.4) is 0 Å². The molecule has 1 atom stereocenters. The van der Waals surface area contributed by atoms with Crippen LogP contribution in [0.2, 0.25) is 0 Å². The van der Waals surface area contributed by atoms with E-state index in [0.717, 1.165) is 31.0 Å². The molecule has 3 rings (SSSR count). The van der Waals surface area contributed by atoms with Gasteiger partial charge in [0.1, 0.15) is 5.82 Å². The van der Waals surface area contributed by atoms with Crippen LogP contribution in [0.25, 0.3) is 10.9 Å². The molecule has 1 fully saturated rings. The molecule has 0 aliphatic carbocycles. The van der Waals surface area contributed by atoms with Gasteiger partial charge in [-0.05, 0) is 31.5 Å². The first kappa shape index (κ1) is 10.5. The molecular formula is C14H16N2O. The largest absolute Gasteiger partial charge is 0.379 e. The Bertz CT molecular complexity index is 532. The van der Waals surface area contributed by atoms with Gasteiger partial charge in [-0.15, -0.1) is 0 Å². The summed E-state index contributed by atoms with van der Waals surface area (Å²) in [6.07, 6.45) is 1.03. The average molecular weight is 228 g/mol. The first-order valence-corrected chi connectivity index (χ1v) is 5.97. The molecule has 1 aliphatic rings. The van der Waals surface area contributed by atoms with Crippen LogP contribution in [0, 0.1) is 0 Å². The third-order valence-corrected chi connectivity index (χ3v) is 3.25. The first-order valence-electron chi connectivity index (χ1n) is 5.97. The molecule has 0 radical (unpaired) electrons. The van der Waals surface area contributed by atoms with Gasteiger partial charge in [-0.2, -0.15) is 0 Å². The Kier molecular flexibility index (Phi) is 2.48. The van der Waals surface area contributed by atoms with Crippen molar-refractivity contribution in [1.82, 2.24) is 4.98 Å². The molecule has 1 saturated heterocycles. The minimum atomic E-state index is 0.0233. The van der Waals surface area contributed by atoms with Gasteiger partial charge in [-0.3, -0.25) is 0 Å². The number of fused-ring (bicyclic) bond motifs is 1. The smallest absolute Gasteiger partial charge is 0.127 e. The van der Waals surface area contributed by atoms with Crippen LogP contribution < -0.4 is 5.32 Å². The number of ether oxygens (including phenoxy) is 1. The predicted octanol–water partition coefficient (Wildman–Crippen LogP) is 2.83. The van der Waals surface area contributed by atoms with E-state index in [0.29, 0.717) is 0 Å². The van der Waals surface area contributed by atoms with Crippen molar-refractivity contribution < 1.29 is 4.74 Å². The summed E-state index contributed by atoms with van der Waals surface area (Å²) in [6, 6.07) is 12.3. The molecule has 1 unspecified atom stereocenters. The summed E-state index contributed by atoms with van der Waals surface area (Å²) in [6.45, 7) is 3.76. The van der Waals surface area contributed by atoms with Gasteiger partial charge in [0, 0.05) is 12.0 Å². The molecule has 0 bridgehead atoms. The summed E-state index contributed by atoms with van der Waals surface area (Å²) in [5, 5.41) is 4.65. The summed E-state index contributed by atoms with van der Waals surface area (Å²) in [4.78, 5) is 4.62. The Morgan fingerprint density at radius 3 is 2.94 bits per heavy atom. The first-order chi connectivity index (χ1) is 8.25. The fourth-order valence-electron chi connectivity index (χ4n) is 2.21. The molecule has 1 aliphatic heterocycles. The lowest BCUT2D eigenvalue weighted by Gasteiger charge is -2.24. The van der Waals surface area contributed by atoms with Gasteiger partial charge in [0.2, 0.25) is 0 Å². The van der Waals surface area contributed by atoms with Gasteiger partial charge in [-0.25, -0.2) is 4.98 Å². The molecule has 2 heterocycles. The molecule has 17 heavy (non-hydrogen) atoms. The highest BCUT2D eigenvalue weighted by atomic mass is 16.5. The number of hydrogen-bond donors (Lipinski definition) is 1. The van der Waals surface area contributed by atoms with Gasteiger partial charge in [-0.1, -0.05) is 18.2 Å². The van der Waals surface area contributed by atoms with Gasteiger partial charge in [0.05, 0.1) is 17.7 Å². The monoisotopic (exact) mass is 228 g/mol. The third kappa shape index (κ3) is 2.11. The average Bonchev–Trinajstić information content (AvgIpc) is 2.76. The highest BCUT2D eigenvalue weighted by Gasteiger charge is 2.29. The number of nitrogens with one attached hydrogen (secondary N) is 1. The highest BCUT2D eigenvalue weighted by molar-refractivity contribution is 5.80. The van der Waals surface area contributed by atoms with Gasteiger partial charge in [0.15, 0.2) is 0 Å². The van der Waals surface area contributed by atoms with E-state index in [1.807, 2.05) is 24.3 Å². The highest BCUT2D eigenvalue weighted by Crippen LogP contribution is 2.24. The number of nitrogens with zero attached hydrogens (tertiary/aromatic N) is 1. The minimum Gasteiger partial charge on any atom is -0.379 e. The molecule has 1 aromatic carbocycles. The van der Waals surface area contributed by atoms with Crippen molar-refractivity contribution in [2.24, 2.45) is 0 Å². The number of pyridine rings is 1. The lowest BCUT2D eigenvalue weighted by Crippen LogP contribution is -2.35. The molecule has 2 aromatic rings. The fraction of sp³-hybridized carbons (Fsp3) is 0.357. The number of aromatic nitrogens is 1. The molecule has 88 valence electrons. The SMILES string of the molecule is CC1(Nc2ccc3ccccc3n2)CCOC1. The van der Waals surface area contributed by atoms with Crippen LogP contribution in [-0.2, 0) is 4.74 Å². The van der Waals surface area contributed by atoms with Crippen molar-refractivity contribution in [2.45, 2.75) is 18.9 Å². The Balaban J connectivity index is 1.90. The van der Waals surface area contributed by atoms with Crippen molar-refractivity contribution in [3.05, 3.63) is 36.4 Å². The van der Waals surface area contributed by atoms with E-state index in [-0.39, 0.29) is 5.54 Å². The van der Waals surface area contributed by atoms with Crippen molar-refractivity contribution in [3.63, 3.8) is 0 Å². The lowest BCUT2D eigenvalue weighted by atomic mass is 10.0. The van der Waals surface area contributed by atoms with Crippen molar-refractivity contribution in [3.8, 4) is 0 Å². The lowest BCUT2D eigenvalue weighted by molar-refractivity contribution is 0.185. The number of benzene rings is 1. The third-order valence-electron chi connectivity index (χ3n) is 3.25. The molecule has 0 saturated carbocycles. The molecular weight excluding hydrogens is 212 g/mol. The molecule has 1 N–H and O–H groups in total. The summed E-state index contributed by atoms with van der Waals surface area (Å²) in [5.41, 5.74) is 1.05. The standard InChI is InChI=1S/C14H16N2O/c1-14(8-9-17-10-14)16-13-7-6-11-4-2-3-5-12(11)15-13/h2-7H,8-10H2,1H3,(H,15,16). The Hall–Kier alpha value is -1.61. The number of anilines is 1. The van der Waals surface area contributed by atoms with E-state index in [4.69, 9.17) is 4.74 Å². The van der Waals surface area contributed by atoms with Crippen molar-refractivity contribution in [1.29, 1.82) is 0 Å². The summed E-state index contributed by atoms with van der Waals surface area (Å²) in [5.74, 6) is 0.928. The second-order valence-electron chi connectivity index (χ2n) is 4.88. The summed E-state index contributed by atoms with van der Waals surface area (Å²) < 4.78 is 5.43.